The predicted molar refractivity (Wildman–Crippen MR) is 75.2 cm³/mol. The highest BCUT2D eigenvalue weighted by atomic mass is 32.2. The molecule has 1 fully saturated rings. The molecule has 0 bridgehead atoms. The van der Waals surface area contributed by atoms with E-state index in [0.29, 0.717) is 12.2 Å². The summed E-state index contributed by atoms with van der Waals surface area (Å²) in [6.07, 6.45) is 0.638. The van der Waals surface area contributed by atoms with Crippen LogP contribution in [0.4, 0.5) is 14.9 Å². The highest BCUT2D eigenvalue weighted by Crippen LogP contribution is 2.32. The van der Waals surface area contributed by atoms with E-state index in [-0.39, 0.29) is 11.1 Å². The zero-order valence-electron chi connectivity index (χ0n) is 10.9. The standard InChI is InChI=1S/C13H15FN2O3S/c1-2-11-16(10(7-20-11)12(17)18)13(19)15-9-6-4-3-5-8(9)14/h3-6,10-11H,2,7H2,1H3,(H,15,19)(H,17,18). The van der Waals surface area contributed by atoms with Gasteiger partial charge in [0.1, 0.15) is 11.9 Å². The second-order valence-corrected chi connectivity index (χ2v) is 5.58. The van der Waals surface area contributed by atoms with Crippen molar-refractivity contribution < 1.29 is 19.1 Å². The van der Waals surface area contributed by atoms with E-state index in [1.54, 1.807) is 6.07 Å². The first-order valence-electron chi connectivity index (χ1n) is 6.22. The van der Waals surface area contributed by atoms with Crippen molar-refractivity contribution in [3.63, 3.8) is 0 Å². The number of aliphatic carboxylic acids is 1. The smallest absolute Gasteiger partial charge is 0.327 e. The Morgan fingerprint density at radius 1 is 1.50 bits per heavy atom. The van der Waals surface area contributed by atoms with Crippen molar-refractivity contribution in [2.45, 2.75) is 24.8 Å². The number of hydrogen-bond acceptors (Lipinski definition) is 3. The number of carboxylic acids is 1. The van der Waals surface area contributed by atoms with Gasteiger partial charge in [0, 0.05) is 5.75 Å². The Kier molecular flexibility index (Phi) is 4.49. The van der Waals surface area contributed by atoms with Crippen LogP contribution >= 0.6 is 11.8 Å². The van der Waals surface area contributed by atoms with Crippen LogP contribution in [0.2, 0.25) is 0 Å². The van der Waals surface area contributed by atoms with E-state index in [4.69, 9.17) is 5.11 Å². The van der Waals surface area contributed by atoms with E-state index in [9.17, 15) is 14.0 Å². The number of thioether (sulfide) groups is 1. The molecule has 20 heavy (non-hydrogen) atoms. The van der Waals surface area contributed by atoms with Gasteiger partial charge >= 0.3 is 12.0 Å². The number of carboxylic acid groups (broad SMARTS) is 1. The summed E-state index contributed by atoms with van der Waals surface area (Å²) in [6, 6.07) is 4.33. The Bertz CT molecular complexity index is 526. The molecule has 1 aromatic carbocycles. The number of halogens is 1. The molecule has 2 rings (SSSR count). The van der Waals surface area contributed by atoms with Gasteiger partial charge in [-0.05, 0) is 18.6 Å². The Hall–Kier alpha value is -1.76. The number of nitrogens with zero attached hydrogens (tertiary/aromatic N) is 1. The summed E-state index contributed by atoms with van der Waals surface area (Å²) >= 11 is 1.42. The van der Waals surface area contributed by atoms with Crippen molar-refractivity contribution in [2.75, 3.05) is 11.1 Å². The van der Waals surface area contributed by atoms with E-state index in [2.05, 4.69) is 5.32 Å². The fourth-order valence-electron chi connectivity index (χ4n) is 2.08. The number of carbonyl (C=O) groups excluding carboxylic acids is 1. The van der Waals surface area contributed by atoms with Gasteiger partial charge in [0.25, 0.3) is 0 Å². The van der Waals surface area contributed by atoms with E-state index in [0.717, 1.165) is 0 Å². The number of nitrogens with one attached hydrogen (secondary N) is 1. The number of urea groups is 1. The third kappa shape index (κ3) is 2.87. The predicted octanol–water partition coefficient (Wildman–Crippen LogP) is 2.60. The second-order valence-electron chi connectivity index (χ2n) is 4.37. The molecule has 1 saturated heterocycles. The van der Waals surface area contributed by atoms with Crippen LogP contribution in [0.5, 0.6) is 0 Å². The maximum absolute atomic E-state index is 13.5. The molecule has 1 aliphatic rings. The SMILES string of the molecule is CCC1SCC(C(=O)O)N1C(=O)Nc1ccccc1F. The quantitative estimate of drug-likeness (QED) is 0.900. The lowest BCUT2D eigenvalue weighted by molar-refractivity contribution is -0.141. The Balaban J connectivity index is 2.17. The number of carbonyl (C=O) groups is 2. The molecule has 1 heterocycles. The lowest BCUT2D eigenvalue weighted by atomic mass is 10.2. The molecule has 2 unspecified atom stereocenters. The molecule has 0 saturated carbocycles. The van der Waals surface area contributed by atoms with Crippen molar-refractivity contribution in [1.82, 2.24) is 4.90 Å². The van der Waals surface area contributed by atoms with Gasteiger partial charge < -0.3 is 10.4 Å². The van der Waals surface area contributed by atoms with Gasteiger partial charge in [0.05, 0.1) is 11.1 Å². The van der Waals surface area contributed by atoms with E-state index < -0.39 is 23.9 Å². The first-order chi connectivity index (χ1) is 9.54. The van der Waals surface area contributed by atoms with Crippen LogP contribution in [-0.4, -0.2) is 39.2 Å². The zero-order valence-corrected chi connectivity index (χ0v) is 11.7. The second kappa shape index (κ2) is 6.13. The molecular weight excluding hydrogens is 283 g/mol. The highest BCUT2D eigenvalue weighted by Gasteiger charge is 2.40. The number of amides is 2. The van der Waals surface area contributed by atoms with E-state index in [1.165, 1.54) is 34.9 Å². The zero-order chi connectivity index (χ0) is 14.7. The first kappa shape index (κ1) is 14.6. The minimum atomic E-state index is -1.04. The molecule has 0 aromatic heterocycles. The molecule has 2 atom stereocenters. The Morgan fingerprint density at radius 2 is 2.20 bits per heavy atom. The minimum absolute atomic E-state index is 0.0494. The molecule has 1 aromatic rings. The van der Waals surface area contributed by atoms with Crippen LogP contribution in [0.1, 0.15) is 13.3 Å². The number of para-hydroxylation sites is 1. The largest absolute Gasteiger partial charge is 0.480 e. The molecule has 7 heteroatoms. The van der Waals surface area contributed by atoms with Crippen molar-refractivity contribution >= 4 is 29.4 Å². The molecular formula is C13H15FN2O3S. The maximum Gasteiger partial charge on any atom is 0.327 e. The molecule has 2 amide bonds. The van der Waals surface area contributed by atoms with Gasteiger partial charge in [-0.25, -0.2) is 14.0 Å². The van der Waals surface area contributed by atoms with Gasteiger partial charge in [-0.1, -0.05) is 19.1 Å². The summed E-state index contributed by atoms with van der Waals surface area (Å²) in [5.74, 6) is -1.25. The normalized spacial score (nSPS) is 21.8. The van der Waals surface area contributed by atoms with Crippen molar-refractivity contribution in [3.05, 3.63) is 30.1 Å². The van der Waals surface area contributed by atoms with Crippen molar-refractivity contribution in [1.29, 1.82) is 0 Å². The van der Waals surface area contributed by atoms with Gasteiger partial charge in [-0.3, -0.25) is 4.90 Å². The Morgan fingerprint density at radius 3 is 2.80 bits per heavy atom. The van der Waals surface area contributed by atoms with Gasteiger partial charge in [-0.15, -0.1) is 11.8 Å². The van der Waals surface area contributed by atoms with E-state index >= 15 is 0 Å². The summed E-state index contributed by atoms with van der Waals surface area (Å²) in [4.78, 5) is 24.7. The molecule has 0 spiro atoms. The fourth-order valence-corrected chi connectivity index (χ4v) is 3.43. The first-order valence-corrected chi connectivity index (χ1v) is 7.27. The average molecular weight is 298 g/mol. The third-order valence-electron chi connectivity index (χ3n) is 3.08. The molecule has 2 N–H and O–H groups in total. The van der Waals surface area contributed by atoms with Crippen LogP contribution in [0.3, 0.4) is 0 Å². The fraction of sp³-hybridized carbons (Fsp3) is 0.385. The average Bonchev–Trinajstić information content (AvgIpc) is 2.85. The van der Waals surface area contributed by atoms with Crippen LogP contribution in [-0.2, 0) is 4.79 Å². The van der Waals surface area contributed by atoms with Gasteiger partial charge in [0.2, 0.25) is 0 Å². The molecule has 0 aliphatic carbocycles. The van der Waals surface area contributed by atoms with Crippen LogP contribution in [0, 0.1) is 5.82 Å². The van der Waals surface area contributed by atoms with Gasteiger partial charge in [-0.2, -0.15) is 0 Å². The number of rotatable bonds is 3. The van der Waals surface area contributed by atoms with Crippen LogP contribution in [0.15, 0.2) is 24.3 Å². The summed E-state index contributed by atoms with van der Waals surface area (Å²) in [6.45, 7) is 1.88. The van der Waals surface area contributed by atoms with E-state index in [1.807, 2.05) is 6.92 Å². The highest BCUT2D eigenvalue weighted by molar-refractivity contribution is 8.00. The number of anilines is 1. The number of hydrogen-bond donors (Lipinski definition) is 2. The van der Waals surface area contributed by atoms with Gasteiger partial charge in [0.15, 0.2) is 0 Å². The maximum atomic E-state index is 13.5. The summed E-state index contributed by atoms with van der Waals surface area (Å²) in [5.41, 5.74) is 0.0494. The lowest BCUT2D eigenvalue weighted by Crippen LogP contribution is -2.47. The summed E-state index contributed by atoms with van der Waals surface area (Å²) in [5, 5.41) is 11.4. The Labute approximate surface area is 120 Å². The molecule has 5 nitrogen and oxygen atoms in total. The minimum Gasteiger partial charge on any atom is -0.480 e. The topological polar surface area (TPSA) is 69.6 Å². The molecule has 0 radical (unpaired) electrons. The lowest BCUT2D eigenvalue weighted by Gasteiger charge is -2.26. The molecule has 108 valence electrons. The van der Waals surface area contributed by atoms with Crippen LogP contribution < -0.4 is 5.32 Å². The monoisotopic (exact) mass is 298 g/mol. The number of benzene rings is 1. The van der Waals surface area contributed by atoms with Crippen molar-refractivity contribution in [2.24, 2.45) is 0 Å². The van der Waals surface area contributed by atoms with Crippen LogP contribution in [0.25, 0.3) is 0 Å². The summed E-state index contributed by atoms with van der Waals surface area (Å²) < 4.78 is 13.5. The van der Waals surface area contributed by atoms with Crippen molar-refractivity contribution in [3.8, 4) is 0 Å². The third-order valence-corrected chi connectivity index (χ3v) is 4.53. The summed E-state index contributed by atoms with van der Waals surface area (Å²) in [7, 11) is 0. The molecule has 1 aliphatic heterocycles.